The van der Waals surface area contributed by atoms with Crippen molar-refractivity contribution in [2.24, 2.45) is 0 Å². The summed E-state index contributed by atoms with van der Waals surface area (Å²) in [7, 11) is 0. The normalized spacial score (nSPS) is 10.1. The van der Waals surface area contributed by atoms with Crippen LogP contribution in [0.15, 0.2) is 34.9 Å². The number of anilines is 1. The molecule has 102 valence electrons. The monoisotopic (exact) mass is 351 g/mol. The SMILES string of the molecule is CCn1cc(Br)cc1C(=O)Nc1ccc(Cl)c(C#N)c1. The number of hydrogen-bond donors (Lipinski definition) is 1. The number of amides is 1. The van der Waals surface area contributed by atoms with E-state index in [0.29, 0.717) is 28.5 Å². The van der Waals surface area contributed by atoms with E-state index in [2.05, 4.69) is 21.2 Å². The van der Waals surface area contributed by atoms with Crippen molar-refractivity contribution >= 4 is 39.1 Å². The van der Waals surface area contributed by atoms with Gasteiger partial charge in [-0.05, 0) is 47.1 Å². The fourth-order valence-corrected chi connectivity index (χ4v) is 2.43. The summed E-state index contributed by atoms with van der Waals surface area (Å²) in [5.41, 5.74) is 1.42. The standard InChI is InChI=1S/C14H11BrClN3O/c1-2-19-8-10(15)6-13(19)14(20)18-11-3-4-12(16)9(5-11)7-17/h3-6,8H,2H2,1H3,(H,18,20). The molecule has 0 saturated heterocycles. The van der Waals surface area contributed by atoms with Gasteiger partial charge < -0.3 is 9.88 Å². The molecule has 4 nitrogen and oxygen atoms in total. The van der Waals surface area contributed by atoms with Crippen LogP contribution in [0, 0.1) is 11.3 Å². The molecule has 0 saturated carbocycles. The Kier molecular flexibility index (Phi) is 4.48. The molecule has 0 aliphatic carbocycles. The highest BCUT2D eigenvalue weighted by molar-refractivity contribution is 9.10. The maximum absolute atomic E-state index is 12.2. The third-order valence-electron chi connectivity index (χ3n) is 2.78. The Balaban J connectivity index is 2.26. The molecule has 1 heterocycles. The Labute approximate surface area is 130 Å². The maximum atomic E-state index is 12.2. The molecular weight excluding hydrogens is 342 g/mol. The molecule has 0 atom stereocenters. The van der Waals surface area contributed by atoms with Gasteiger partial charge in [-0.15, -0.1) is 0 Å². The van der Waals surface area contributed by atoms with Crippen molar-refractivity contribution in [3.8, 4) is 6.07 Å². The lowest BCUT2D eigenvalue weighted by atomic mass is 10.2. The van der Waals surface area contributed by atoms with Gasteiger partial charge in [0.25, 0.3) is 5.91 Å². The largest absolute Gasteiger partial charge is 0.343 e. The minimum Gasteiger partial charge on any atom is -0.343 e. The highest BCUT2D eigenvalue weighted by Crippen LogP contribution is 2.21. The van der Waals surface area contributed by atoms with Crippen LogP contribution in [-0.4, -0.2) is 10.5 Å². The van der Waals surface area contributed by atoms with Crippen molar-refractivity contribution in [1.29, 1.82) is 5.26 Å². The summed E-state index contributed by atoms with van der Waals surface area (Å²) in [6, 6.07) is 8.53. The molecule has 1 amide bonds. The quantitative estimate of drug-likeness (QED) is 0.906. The van der Waals surface area contributed by atoms with Crippen LogP contribution in [0.3, 0.4) is 0 Å². The molecule has 0 aliphatic heterocycles. The van der Waals surface area contributed by atoms with Crippen molar-refractivity contribution in [2.75, 3.05) is 5.32 Å². The zero-order valence-electron chi connectivity index (χ0n) is 10.7. The number of nitrogens with zero attached hydrogens (tertiary/aromatic N) is 2. The highest BCUT2D eigenvalue weighted by atomic mass is 79.9. The Morgan fingerprint density at radius 2 is 2.25 bits per heavy atom. The fraction of sp³-hybridized carbons (Fsp3) is 0.143. The van der Waals surface area contributed by atoms with E-state index < -0.39 is 0 Å². The van der Waals surface area contributed by atoms with E-state index in [1.54, 1.807) is 24.3 Å². The van der Waals surface area contributed by atoms with Gasteiger partial charge in [0.2, 0.25) is 0 Å². The van der Waals surface area contributed by atoms with E-state index in [0.717, 1.165) is 4.47 Å². The van der Waals surface area contributed by atoms with Crippen LogP contribution in [0.25, 0.3) is 0 Å². The number of aryl methyl sites for hydroxylation is 1. The van der Waals surface area contributed by atoms with Gasteiger partial charge in [0.15, 0.2) is 0 Å². The Hall–Kier alpha value is -1.77. The van der Waals surface area contributed by atoms with Crippen LogP contribution in [0.2, 0.25) is 5.02 Å². The first kappa shape index (κ1) is 14.6. The van der Waals surface area contributed by atoms with Crippen LogP contribution >= 0.6 is 27.5 Å². The van der Waals surface area contributed by atoms with Gasteiger partial charge in [-0.3, -0.25) is 4.79 Å². The smallest absolute Gasteiger partial charge is 0.272 e. The fourth-order valence-electron chi connectivity index (χ4n) is 1.81. The molecule has 20 heavy (non-hydrogen) atoms. The van der Waals surface area contributed by atoms with Gasteiger partial charge in [-0.2, -0.15) is 5.26 Å². The van der Waals surface area contributed by atoms with Gasteiger partial charge in [-0.1, -0.05) is 11.6 Å². The van der Waals surface area contributed by atoms with Gasteiger partial charge in [-0.25, -0.2) is 0 Å². The molecule has 0 bridgehead atoms. The van der Waals surface area contributed by atoms with Crippen LogP contribution in [0.5, 0.6) is 0 Å². The summed E-state index contributed by atoms with van der Waals surface area (Å²) in [6.07, 6.45) is 1.84. The number of halogens is 2. The molecule has 2 rings (SSSR count). The Morgan fingerprint density at radius 3 is 2.90 bits per heavy atom. The van der Waals surface area contributed by atoms with E-state index in [1.807, 2.05) is 23.8 Å². The molecule has 0 radical (unpaired) electrons. The first-order valence-corrected chi connectivity index (χ1v) is 7.09. The van der Waals surface area contributed by atoms with Crippen LogP contribution < -0.4 is 5.32 Å². The van der Waals surface area contributed by atoms with E-state index in [4.69, 9.17) is 16.9 Å². The van der Waals surface area contributed by atoms with E-state index >= 15 is 0 Å². The molecule has 6 heteroatoms. The van der Waals surface area contributed by atoms with Crippen molar-refractivity contribution < 1.29 is 4.79 Å². The number of nitriles is 1. The van der Waals surface area contributed by atoms with Gasteiger partial charge in [0.1, 0.15) is 11.8 Å². The molecule has 2 aromatic rings. The van der Waals surface area contributed by atoms with Crippen LogP contribution in [0.1, 0.15) is 23.0 Å². The van der Waals surface area contributed by atoms with Crippen molar-refractivity contribution in [2.45, 2.75) is 13.5 Å². The third-order valence-corrected chi connectivity index (χ3v) is 3.54. The van der Waals surface area contributed by atoms with Crippen molar-refractivity contribution in [1.82, 2.24) is 4.57 Å². The Bertz CT molecular complexity index is 703. The summed E-state index contributed by atoms with van der Waals surface area (Å²) in [5.74, 6) is -0.233. The lowest BCUT2D eigenvalue weighted by Crippen LogP contribution is -2.16. The average Bonchev–Trinajstić information content (AvgIpc) is 2.82. The van der Waals surface area contributed by atoms with E-state index in [1.165, 1.54) is 0 Å². The van der Waals surface area contributed by atoms with Crippen LogP contribution in [0.4, 0.5) is 5.69 Å². The molecule has 0 aliphatic rings. The number of carbonyl (C=O) groups is 1. The van der Waals surface area contributed by atoms with Crippen molar-refractivity contribution in [3.05, 3.63) is 51.2 Å². The minimum atomic E-state index is -0.233. The Morgan fingerprint density at radius 1 is 1.50 bits per heavy atom. The molecule has 1 aromatic carbocycles. The first-order valence-electron chi connectivity index (χ1n) is 5.91. The van der Waals surface area contributed by atoms with E-state index in [9.17, 15) is 4.79 Å². The molecule has 0 unspecified atom stereocenters. The lowest BCUT2D eigenvalue weighted by molar-refractivity contribution is 0.101. The summed E-state index contributed by atoms with van der Waals surface area (Å²) in [4.78, 5) is 12.2. The maximum Gasteiger partial charge on any atom is 0.272 e. The lowest BCUT2D eigenvalue weighted by Gasteiger charge is -2.08. The minimum absolute atomic E-state index is 0.233. The topological polar surface area (TPSA) is 57.8 Å². The molecule has 1 aromatic heterocycles. The number of nitrogens with one attached hydrogen (secondary N) is 1. The predicted molar refractivity (Wildman–Crippen MR) is 81.9 cm³/mol. The number of aromatic nitrogens is 1. The van der Waals surface area contributed by atoms with Gasteiger partial charge >= 0.3 is 0 Å². The molecule has 1 N–H and O–H groups in total. The number of benzene rings is 1. The average molecular weight is 353 g/mol. The first-order chi connectivity index (χ1) is 9.55. The third kappa shape index (κ3) is 3.03. The predicted octanol–water partition coefficient (Wildman–Crippen LogP) is 4.05. The zero-order valence-corrected chi connectivity index (χ0v) is 13.0. The summed E-state index contributed by atoms with van der Waals surface area (Å²) < 4.78 is 2.68. The number of carbonyl (C=O) groups excluding carboxylic acids is 1. The zero-order chi connectivity index (χ0) is 14.7. The van der Waals surface area contributed by atoms with Gasteiger partial charge in [0, 0.05) is 22.9 Å². The second-order valence-electron chi connectivity index (χ2n) is 4.09. The number of hydrogen-bond acceptors (Lipinski definition) is 2. The summed E-state index contributed by atoms with van der Waals surface area (Å²) in [5, 5.41) is 12.0. The van der Waals surface area contributed by atoms with E-state index in [-0.39, 0.29) is 5.91 Å². The van der Waals surface area contributed by atoms with Gasteiger partial charge in [0.05, 0.1) is 10.6 Å². The second kappa shape index (κ2) is 6.12. The second-order valence-corrected chi connectivity index (χ2v) is 5.41. The molecule has 0 fully saturated rings. The van der Waals surface area contributed by atoms with Crippen LogP contribution in [-0.2, 0) is 6.54 Å². The summed E-state index contributed by atoms with van der Waals surface area (Å²) >= 11 is 9.20. The summed E-state index contributed by atoms with van der Waals surface area (Å²) in [6.45, 7) is 2.65. The molecule has 0 spiro atoms. The highest BCUT2D eigenvalue weighted by Gasteiger charge is 2.13. The van der Waals surface area contributed by atoms with Crippen molar-refractivity contribution in [3.63, 3.8) is 0 Å². The number of rotatable bonds is 3. The molecular formula is C14H11BrClN3O.